The van der Waals surface area contributed by atoms with E-state index in [4.69, 9.17) is 9.84 Å². The zero-order chi connectivity index (χ0) is 15.4. The van der Waals surface area contributed by atoms with Gasteiger partial charge < -0.3 is 15.2 Å². The number of hydrogen-bond acceptors (Lipinski definition) is 5. The van der Waals surface area contributed by atoms with Gasteiger partial charge in [0.05, 0.1) is 29.8 Å². The molecule has 112 valence electrons. The number of carboxylic acids is 1. The number of anilines is 1. The van der Waals surface area contributed by atoms with Crippen LogP contribution in [-0.2, 0) is 16.3 Å². The molecule has 0 aliphatic heterocycles. The van der Waals surface area contributed by atoms with E-state index >= 15 is 0 Å². The maximum absolute atomic E-state index is 12.0. The summed E-state index contributed by atoms with van der Waals surface area (Å²) in [5, 5.41) is 19.4. The molecule has 0 aromatic carbocycles. The number of aromatic nitrogens is 4. The van der Waals surface area contributed by atoms with Crippen molar-refractivity contribution in [2.45, 2.75) is 19.7 Å². The number of aliphatic carboxylic acids is 1. The van der Waals surface area contributed by atoms with Gasteiger partial charge in [0.2, 0.25) is 0 Å². The largest absolute Gasteiger partial charge is 0.480 e. The number of amides is 1. The van der Waals surface area contributed by atoms with Crippen molar-refractivity contribution >= 4 is 17.6 Å². The van der Waals surface area contributed by atoms with Crippen LogP contribution in [0.3, 0.4) is 0 Å². The zero-order valence-corrected chi connectivity index (χ0v) is 11.6. The Kier molecular flexibility index (Phi) is 4.33. The summed E-state index contributed by atoms with van der Waals surface area (Å²) < 4.78 is 7.64. The molecule has 1 unspecified atom stereocenters. The Morgan fingerprint density at radius 1 is 1.38 bits per heavy atom. The molecule has 2 heterocycles. The smallest absolute Gasteiger partial charge is 0.328 e. The maximum Gasteiger partial charge on any atom is 0.328 e. The van der Waals surface area contributed by atoms with E-state index in [0.717, 1.165) is 0 Å². The van der Waals surface area contributed by atoms with Crippen LogP contribution in [-0.4, -0.2) is 43.7 Å². The first-order valence-corrected chi connectivity index (χ1v) is 6.11. The zero-order valence-electron chi connectivity index (χ0n) is 11.6. The fourth-order valence-electron chi connectivity index (χ4n) is 1.61. The Bertz CT molecular complexity index is 648. The van der Waals surface area contributed by atoms with Crippen molar-refractivity contribution in [1.29, 1.82) is 0 Å². The lowest BCUT2D eigenvalue weighted by atomic mass is 10.3. The molecular weight excluding hydrogens is 278 g/mol. The molecule has 2 aromatic rings. The molecule has 0 radical (unpaired) electrons. The van der Waals surface area contributed by atoms with Gasteiger partial charge >= 0.3 is 5.97 Å². The number of methoxy groups -OCH3 is 1. The van der Waals surface area contributed by atoms with E-state index in [2.05, 4.69) is 15.5 Å². The summed E-state index contributed by atoms with van der Waals surface area (Å²) in [6.07, 6.45) is 5.80. The van der Waals surface area contributed by atoms with Gasteiger partial charge in [-0.3, -0.25) is 9.48 Å². The predicted octanol–water partition coefficient (Wildman–Crippen LogP) is 0.581. The van der Waals surface area contributed by atoms with Crippen LogP contribution in [0.15, 0.2) is 24.8 Å². The van der Waals surface area contributed by atoms with E-state index in [0.29, 0.717) is 5.69 Å². The van der Waals surface area contributed by atoms with Crippen molar-refractivity contribution in [1.82, 2.24) is 19.6 Å². The normalized spacial score (nSPS) is 12.1. The summed E-state index contributed by atoms with van der Waals surface area (Å²) in [5.74, 6) is -1.42. The quantitative estimate of drug-likeness (QED) is 0.806. The average molecular weight is 293 g/mol. The Hall–Kier alpha value is -2.68. The van der Waals surface area contributed by atoms with Gasteiger partial charge in [-0.25, -0.2) is 9.48 Å². The Morgan fingerprint density at radius 3 is 2.81 bits per heavy atom. The monoisotopic (exact) mass is 293 g/mol. The summed E-state index contributed by atoms with van der Waals surface area (Å²) in [6.45, 7) is 1.76. The first-order valence-electron chi connectivity index (χ1n) is 6.11. The summed E-state index contributed by atoms with van der Waals surface area (Å²) in [6, 6.07) is -0.837. The highest BCUT2D eigenvalue weighted by molar-refractivity contribution is 6.03. The minimum atomic E-state index is -1.02. The molecule has 2 N–H and O–H groups in total. The van der Waals surface area contributed by atoms with Crippen LogP contribution in [0.5, 0.6) is 0 Å². The molecule has 9 heteroatoms. The second-order valence-electron chi connectivity index (χ2n) is 4.36. The van der Waals surface area contributed by atoms with Gasteiger partial charge in [-0.15, -0.1) is 0 Å². The fraction of sp³-hybridized carbons (Fsp3) is 0.333. The number of carboxylic acid groups (broad SMARTS) is 1. The van der Waals surface area contributed by atoms with Crippen molar-refractivity contribution in [2.75, 3.05) is 12.4 Å². The maximum atomic E-state index is 12.0. The minimum absolute atomic E-state index is 0.266. The fourth-order valence-corrected chi connectivity index (χ4v) is 1.61. The molecule has 9 nitrogen and oxygen atoms in total. The van der Waals surface area contributed by atoms with Crippen LogP contribution >= 0.6 is 0 Å². The molecule has 1 atom stereocenters. The number of nitrogens with zero attached hydrogens (tertiary/aromatic N) is 4. The molecule has 21 heavy (non-hydrogen) atoms. The molecule has 1 amide bonds. The van der Waals surface area contributed by atoms with E-state index in [-0.39, 0.29) is 12.3 Å². The molecule has 0 aliphatic carbocycles. The predicted molar refractivity (Wildman–Crippen MR) is 71.8 cm³/mol. The molecule has 2 rings (SSSR count). The van der Waals surface area contributed by atoms with Crippen molar-refractivity contribution in [2.24, 2.45) is 0 Å². The third-order valence-electron chi connectivity index (χ3n) is 2.77. The van der Waals surface area contributed by atoms with Crippen LogP contribution in [0.4, 0.5) is 5.69 Å². The van der Waals surface area contributed by atoms with Crippen LogP contribution in [0.1, 0.15) is 23.3 Å². The highest BCUT2D eigenvalue weighted by Gasteiger charge is 2.17. The molecule has 0 bridgehead atoms. The summed E-state index contributed by atoms with van der Waals surface area (Å²) in [5.41, 5.74) is 0.777. The van der Waals surface area contributed by atoms with Gasteiger partial charge in [0.25, 0.3) is 5.91 Å². The van der Waals surface area contributed by atoms with E-state index in [9.17, 15) is 9.59 Å². The number of nitrogens with one attached hydrogen (secondary N) is 1. The lowest BCUT2D eigenvalue weighted by Gasteiger charge is -2.05. The molecule has 0 saturated heterocycles. The SMILES string of the molecule is COCn1cc(NC(=O)c2cnn(C(C)C(=O)O)c2)cn1. The summed E-state index contributed by atoms with van der Waals surface area (Å²) >= 11 is 0. The number of ether oxygens (including phenoxy) is 1. The third kappa shape index (κ3) is 3.45. The van der Waals surface area contributed by atoms with Gasteiger partial charge in [0.15, 0.2) is 0 Å². The standard InChI is InChI=1S/C12H15N5O4/c1-8(12(19)20)17-5-9(3-14-17)11(18)15-10-4-13-16(6-10)7-21-2/h3-6,8H,7H2,1-2H3,(H,15,18)(H,19,20). The van der Waals surface area contributed by atoms with Gasteiger partial charge in [0.1, 0.15) is 12.8 Å². The van der Waals surface area contributed by atoms with Gasteiger partial charge in [0, 0.05) is 13.3 Å². The second-order valence-corrected chi connectivity index (χ2v) is 4.36. The highest BCUT2D eigenvalue weighted by atomic mass is 16.5. The van der Waals surface area contributed by atoms with Crippen LogP contribution in [0.25, 0.3) is 0 Å². The van der Waals surface area contributed by atoms with Crippen LogP contribution < -0.4 is 5.32 Å². The summed E-state index contributed by atoms with van der Waals surface area (Å²) in [4.78, 5) is 22.9. The number of rotatable bonds is 6. The van der Waals surface area contributed by atoms with Crippen molar-refractivity contribution < 1.29 is 19.4 Å². The van der Waals surface area contributed by atoms with Gasteiger partial charge in [-0.1, -0.05) is 0 Å². The lowest BCUT2D eigenvalue weighted by Crippen LogP contribution is -2.16. The van der Waals surface area contributed by atoms with Crippen molar-refractivity contribution in [3.8, 4) is 0 Å². The Balaban J connectivity index is 2.04. The average Bonchev–Trinajstić information content (AvgIpc) is 3.07. The van der Waals surface area contributed by atoms with Gasteiger partial charge in [-0.05, 0) is 6.92 Å². The van der Waals surface area contributed by atoms with E-state index in [1.165, 1.54) is 42.0 Å². The van der Waals surface area contributed by atoms with E-state index in [1.54, 1.807) is 6.20 Å². The number of carbonyl (C=O) groups excluding carboxylic acids is 1. The third-order valence-corrected chi connectivity index (χ3v) is 2.77. The van der Waals surface area contributed by atoms with Crippen molar-refractivity contribution in [3.63, 3.8) is 0 Å². The molecule has 2 aromatic heterocycles. The van der Waals surface area contributed by atoms with E-state index in [1.807, 2.05) is 0 Å². The Morgan fingerprint density at radius 2 is 2.14 bits per heavy atom. The topological polar surface area (TPSA) is 111 Å². The Labute approximate surface area is 120 Å². The first-order chi connectivity index (χ1) is 10.0. The minimum Gasteiger partial charge on any atom is -0.480 e. The van der Waals surface area contributed by atoms with E-state index < -0.39 is 17.9 Å². The molecule has 0 fully saturated rings. The molecule has 0 saturated carbocycles. The number of hydrogen-bond donors (Lipinski definition) is 2. The van der Waals surface area contributed by atoms with Gasteiger partial charge in [-0.2, -0.15) is 10.2 Å². The molecule has 0 aliphatic rings. The van der Waals surface area contributed by atoms with Crippen LogP contribution in [0, 0.1) is 0 Å². The molecular formula is C12H15N5O4. The first kappa shape index (κ1) is 14.7. The van der Waals surface area contributed by atoms with Crippen molar-refractivity contribution in [3.05, 3.63) is 30.4 Å². The lowest BCUT2D eigenvalue weighted by molar-refractivity contribution is -0.140. The highest BCUT2D eigenvalue weighted by Crippen LogP contribution is 2.10. The summed E-state index contributed by atoms with van der Waals surface area (Å²) in [7, 11) is 1.54. The number of carbonyl (C=O) groups is 2. The molecule has 0 spiro atoms. The second kappa shape index (κ2) is 6.18. The van der Waals surface area contributed by atoms with Crippen LogP contribution in [0.2, 0.25) is 0 Å².